The van der Waals surface area contributed by atoms with E-state index in [1.165, 1.54) is 18.4 Å². The lowest BCUT2D eigenvalue weighted by atomic mass is 10.2. The highest BCUT2D eigenvalue weighted by molar-refractivity contribution is 9.10. The van der Waals surface area contributed by atoms with Gasteiger partial charge in [0, 0.05) is 35.4 Å². The number of aryl methyl sites for hydroxylation is 2. The van der Waals surface area contributed by atoms with E-state index in [-0.39, 0.29) is 0 Å². The molecule has 1 aliphatic rings. The summed E-state index contributed by atoms with van der Waals surface area (Å²) < 4.78 is 1.04. The van der Waals surface area contributed by atoms with Crippen molar-refractivity contribution in [3.63, 3.8) is 0 Å². The van der Waals surface area contributed by atoms with Crippen molar-refractivity contribution in [2.75, 3.05) is 23.3 Å². The maximum Gasteiger partial charge on any atom is 0.133 e. The minimum absolute atomic E-state index is 0.743. The van der Waals surface area contributed by atoms with Gasteiger partial charge in [0.1, 0.15) is 11.6 Å². The van der Waals surface area contributed by atoms with Crippen molar-refractivity contribution in [2.24, 2.45) is 0 Å². The van der Waals surface area contributed by atoms with Gasteiger partial charge in [-0.05, 0) is 60.8 Å². The van der Waals surface area contributed by atoms with E-state index in [9.17, 15) is 0 Å². The molecule has 2 aromatic heterocycles. The number of nitrogens with one attached hydrogen (secondary N) is 1. The Morgan fingerprint density at radius 2 is 1.86 bits per heavy atom. The molecule has 0 saturated carbocycles. The van der Waals surface area contributed by atoms with Gasteiger partial charge in [-0.15, -0.1) is 0 Å². The fraction of sp³-hybridized carbons (Fsp3) is 0.412. The first-order valence-corrected chi connectivity index (χ1v) is 8.51. The van der Waals surface area contributed by atoms with E-state index in [2.05, 4.69) is 50.2 Å². The lowest BCUT2D eigenvalue weighted by Gasteiger charge is -2.21. The van der Waals surface area contributed by atoms with E-state index in [4.69, 9.17) is 4.98 Å². The Hall–Kier alpha value is -1.62. The Morgan fingerprint density at radius 3 is 2.59 bits per heavy atom. The van der Waals surface area contributed by atoms with Crippen LogP contribution in [0.1, 0.15) is 29.8 Å². The lowest BCUT2D eigenvalue weighted by molar-refractivity contribution is 0.905. The average molecular weight is 361 g/mol. The van der Waals surface area contributed by atoms with E-state index < -0.39 is 0 Å². The molecule has 22 heavy (non-hydrogen) atoms. The largest absolute Gasteiger partial charge is 0.366 e. The number of hydrogen-bond donors (Lipinski definition) is 1. The molecular weight excluding hydrogens is 340 g/mol. The second-order valence-corrected chi connectivity index (χ2v) is 6.60. The zero-order chi connectivity index (χ0) is 15.5. The van der Waals surface area contributed by atoms with Crippen LogP contribution in [0.2, 0.25) is 0 Å². The molecule has 1 aliphatic heterocycles. The standard InChI is InChI=1S/C17H21BrN4/c1-12-5-6-14(17(20-12)22-9-3-4-10-22)11-19-16-8-7-15(18)13(2)21-16/h5-8H,3-4,9-11H2,1-2H3,(H,19,21). The normalized spacial score (nSPS) is 14.4. The smallest absolute Gasteiger partial charge is 0.133 e. The van der Waals surface area contributed by atoms with Gasteiger partial charge in [0.25, 0.3) is 0 Å². The van der Waals surface area contributed by atoms with Gasteiger partial charge in [-0.1, -0.05) is 6.07 Å². The zero-order valence-electron chi connectivity index (χ0n) is 13.1. The summed E-state index contributed by atoms with van der Waals surface area (Å²) >= 11 is 3.48. The third-order valence-corrected chi connectivity index (χ3v) is 4.82. The SMILES string of the molecule is Cc1ccc(CNc2ccc(Br)c(C)n2)c(N2CCCC2)n1. The lowest BCUT2D eigenvalue weighted by Crippen LogP contribution is -2.22. The fourth-order valence-electron chi connectivity index (χ4n) is 2.74. The fourth-order valence-corrected chi connectivity index (χ4v) is 2.96. The highest BCUT2D eigenvalue weighted by Gasteiger charge is 2.17. The summed E-state index contributed by atoms with van der Waals surface area (Å²) in [4.78, 5) is 11.7. The van der Waals surface area contributed by atoms with Gasteiger partial charge in [0.05, 0.1) is 5.69 Å². The van der Waals surface area contributed by atoms with E-state index in [1.54, 1.807) is 0 Å². The summed E-state index contributed by atoms with van der Waals surface area (Å²) in [7, 11) is 0. The molecule has 0 amide bonds. The van der Waals surface area contributed by atoms with Crippen molar-refractivity contribution in [3.8, 4) is 0 Å². The highest BCUT2D eigenvalue weighted by atomic mass is 79.9. The van der Waals surface area contributed by atoms with Crippen molar-refractivity contribution < 1.29 is 0 Å². The maximum absolute atomic E-state index is 4.76. The molecule has 3 heterocycles. The number of aromatic nitrogens is 2. The van der Waals surface area contributed by atoms with Crippen LogP contribution in [0.4, 0.5) is 11.6 Å². The van der Waals surface area contributed by atoms with Crippen LogP contribution in [0, 0.1) is 13.8 Å². The minimum atomic E-state index is 0.743. The van der Waals surface area contributed by atoms with E-state index in [1.807, 2.05) is 19.1 Å². The summed E-state index contributed by atoms with van der Waals surface area (Å²) in [5.74, 6) is 2.02. The van der Waals surface area contributed by atoms with Gasteiger partial charge in [-0.2, -0.15) is 0 Å². The van der Waals surface area contributed by atoms with Crippen LogP contribution >= 0.6 is 15.9 Å². The molecule has 4 nitrogen and oxygen atoms in total. The summed E-state index contributed by atoms with van der Waals surface area (Å²) in [6, 6.07) is 8.28. The molecule has 0 unspecified atom stereocenters. The van der Waals surface area contributed by atoms with Crippen molar-refractivity contribution >= 4 is 27.6 Å². The predicted molar refractivity (Wildman–Crippen MR) is 94.4 cm³/mol. The van der Waals surface area contributed by atoms with Crippen LogP contribution in [0.5, 0.6) is 0 Å². The molecule has 3 rings (SSSR count). The molecule has 0 aromatic carbocycles. The third-order valence-electron chi connectivity index (χ3n) is 3.98. The van der Waals surface area contributed by atoms with Gasteiger partial charge >= 0.3 is 0 Å². The van der Waals surface area contributed by atoms with Gasteiger partial charge in [-0.3, -0.25) is 0 Å². The summed E-state index contributed by atoms with van der Waals surface area (Å²) in [5.41, 5.74) is 3.30. The molecule has 1 N–H and O–H groups in total. The Morgan fingerprint density at radius 1 is 1.09 bits per heavy atom. The molecule has 0 spiro atoms. The third kappa shape index (κ3) is 3.40. The molecular formula is C17H21BrN4. The van der Waals surface area contributed by atoms with Gasteiger partial charge in [0.2, 0.25) is 0 Å². The first kappa shape index (κ1) is 15.3. The van der Waals surface area contributed by atoms with Crippen molar-refractivity contribution in [1.29, 1.82) is 0 Å². The maximum atomic E-state index is 4.76. The van der Waals surface area contributed by atoms with E-state index >= 15 is 0 Å². The van der Waals surface area contributed by atoms with Crippen LogP contribution in [-0.4, -0.2) is 23.1 Å². The van der Waals surface area contributed by atoms with Crippen molar-refractivity contribution in [3.05, 3.63) is 45.7 Å². The average Bonchev–Trinajstić information content (AvgIpc) is 3.03. The molecule has 2 aromatic rings. The Bertz CT molecular complexity index is 666. The topological polar surface area (TPSA) is 41.1 Å². The second kappa shape index (κ2) is 6.65. The molecule has 0 radical (unpaired) electrons. The van der Waals surface area contributed by atoms with Crippen molar-refractivity contribution in [2.45, 2.75) is 33.2 Å². The molecule has 1 fully saturated rings. The number of pyridine rings is 2. The van der Waals surface area contributed by atoms with E-state index in [0.29, 0.717) is 0 Å². The summed E-state index contributed by atoms with van der Waals surface area (Å²) in [6.07, 6.45) is 2.52. The van der Waals surface area contributed by atoms with Crippen LogP contribution < -0.4 is 10.2 Å². The Kier molecular flexibility index (Phi) is 4.62. The van der Waals surface area contributed by atoms with Gasteiger partial charge in [0.15, 0.2) is 0 Å². The van der Waals surface area contributed by atoms with Crippen molar-refractivity contribution in [1.82, 2.24) is 9.97 Å². The predicted octanol–water partition coefficient (Wildman–Crippen LogP) is 4.07. The minimum Gasteiger partial charge on any atom is -0.366 e. The van der Waals surface area contributed by atoms with E-state index in [0.717, 1.165) is 47.1 Å². The molecule has 0 aliphatic carbocycles. The number of rotatable bonds is 4. The van der Waals surface area contributed by atoms with Gasteiger partial charge < -0.3 is 10.2 Å². The Labute approximate surface area is 140 Å². The molecule has 5 heteroatoms. The quantitative estimate of drug-likeness (QED) is 0.892. The van der Waals surface area contributed by atoms with Gasteiger partial charge in [-0.25, -0.2) is 9.97 Å². The second-order valence-electron chi connectivity index (χ2n) is 5.75. The molecule has 116 valence electrons. The first-order valence-electron chi connectivity index (χ1n) is 7.72. The highest BCUT2D eigenvalue weighted by Crippen LogP contribution is 2.24. The zero-order valence-corrected chi connectivity index (χ0v) is 14.7. The Balaban J connectivity index is 1.78. The number of anilines is 2. The summed E-state index contributed by atoms with van der Waals surface area (Å²) in [5, 5.41) is 3.41. The number of halogens is 1. The number of nitrogens with zero attached hydrogens (tertiary/aromatic N) is 3. The number of hydrogen-bond acceptors (Lipinski definition) is 4. The molecule has 1 saturated heterocycles. The van der Waals surface area contributed by atoms with Crippen LogP contribution in [0.25, 0.3) is 0 Å². The van der Waals surface area contributed by atoms with Crippen LogP contribution in [-0.2, 0) is 6.54 Å². The monoisotopic (exact) mass is 360 g/mol. The first-order chi connectivity index (χ1) is 10.6. The molecule has 0 bridgehead atoms. The van der Waals surface area contributed by atoms with Crippen LogP contribution in [0.15, 0.2) is 28.7 Å². The molecule has 0 atom stereocenters. The summed E-state index contributed by atoms with van der Waals surface area (Å²) in [6.45, 7) is 7.01. The van der Waals surface area contributed by atoms with Crippen LogP contribution in [0.3, 0.4) is 0 Å².